The molecule has 0 amide bonds. The third kappa shape index (κ3) is 8.23. The first-order chi connectivity index (χ1) is 9.81. The third-order valence-corrected chi connectivity index (χ3v) is 3.60. The van der Waals surface area contributed by atoms with Crippen LogP contribution in [0.1, 0.15) is 63.0 Å². The van der Waals surface area contributed by atoms with Gasteiger partial charge in [0.05, 0.1) is 6.61 Å². The monoisotopic (exact) mass is 335 g/mol. The van der Waals surface area contributed by atoms with Crippen molar-refractivity contribution in [2.45, 2.75) is 58.3 Å². The number of aliphatic hydroxyl groups is 1. The maximum atomic E-state index is 9.10. The molecule has 0 aliphatic carbocycles. The molecule has 0 aliphatic heterocycles. The maximum absolute atomic E-state index is 9.10. The molecule has 1 aromatic carbocycles. The van der Waals surface area contributed by atoms with Crippen LogP contribution in [0.3, 0.4) is 0 Å². The molecule has 0 radical (unpaired) electrons. The Morgan fingerprint density at radius 2 is 1.71 bits per heavy atom. The molecule has 0 saturated heterocycles. The smallest absolute Gasteiger partial charge is 0.112 e. The minimum atomic E-state index is -0.239. The van der Waals surface area contributed by atoms with Crippen molar-refractivity contribution >= 4 is 5.71 Å². The van der Waals surface area contributed by atoms with Crippen molar-refractivity contribution in [2.75, 3.05) is 6.61 Å². The Hall–Kier alpha value is -0.856. The molecule has 21 heavy (non-hydrogen) atoms. The summed E-state index contributed by atoms with van der Waals surface area (Å²) in [5.74, 6) is 0. The van der Waals surface area contributed by atoms with Gasteiger partial charge in [0, 0.05) is 22.1 Å². The second-order valence-corrected chi connectivity index (χ2v) is 5.28. The van der Waals surface area contributed by atoms with Gasteiger partial charge < -0.3 is 10.3 Å². The molecule has 0 saturated carbocycles. The average Bonchev–Trinajstić information content (AvgIpc) is 2.48. The first-order valence-corrected chi connectivity index (χ1v) is 7.73. The molecule has 0 aromatic heterocycles. The van der Waals surface area contributed by atoms with E-state index in [-0.39, 0.29) is 23.1 Å². The Balaban J connectivity index is 0.00000400. The summed E-state index contributed by atoms with van der Waals surface area (Å²) in [4.78, 5) is 0. The summed E-state index contributed by atoms with van der Waals surface area (Å²) in [5, 5.41) is 21.0. The molecule has 1 aromatic rings. The molecular formula is C17H27NNiO2. The predicted molar refractivity (Wildman–Crippen MR) is 83.5 cm³/mol. The van der Waals surface area contributed by atoms with Crippen molar-refractivity contribution in [1.82, 2.24) is 0 Å². The number of benzene rings is 1. The Morgan fingerprint density at radius 1 is 1.05 bits per heavy atom. The summed E-state index contributed by atoms with van der Waals surface area (Å²) in [7, 11) is 0. The molecule has 0 aliphatic rings. The van der Waals surface area contributed by atoms with E-state index in [0.717, 1.165) is 12.0 Å². The second kappa shape index (κ2) is 12.9. The van der Waals surface area contributed by atoms with Crippen LogP contribution in [0.4, 0.5) is 0 Å². The molecule has 3 nitrogen and oxygen atoms in total. The minimum Gasteiger partial charge on any atom is -0.411 e. The van der Waals surface area contributed by atoms with Crippen LogP contribution in [-0.2, 0) is 22.9 Å². The van der Waals surface area contributed by atoms with E-state index in [4.69, 9.17) is 10.3 Å². The first-order valence-electron chi connectivity index (χ1n) is 7.73. The number of hydrogen-bond acceptors (Lipinski definition) is 3. The second-order valence-electron chi connectivity index (χ2n) is 5.28. The molecule has 0 spiro atoms. The van der Waals surface area contributed by atoms with Crippen LogP contribution in [0.15, 0.2) is 29.4 Å². The Kier molecular flexibility index (Phi) is 12.3. The fourth-order valence-electron chi connectivity index (χ4n) is 2.37. The number of hydrogen-bond donors (Lipinski definition) is 2. The Bertz CT molecular complexity index is 408. The van der Waals surface area contributed by atoms with Gasteiger partial charge in [0.2, 0.25) is 0 Å². The van der Waals surface area contributed by atoms with Crippen LogP contribution < -0.4 is 0 Å². The van der Waals surface area contributed by atoms with Crippen LogP contribution in [0.5, 0.6) is 0 Å². The van der Waals surface area contributed by atoms with E-state index in [1.54, 1.807) is 0 Å². The molecule has 2 N–H and O–H groups in total. The van der Waals surface area contributed by atoms with Crippen molar-refractivity contribution in [3.05, 3.63) is 35.4 Å². The first kappa shape index (κ1) is 20.1. The molecule has 0 atom stereocenters. The summed E-state index contributed by atoms with van der Waals surface area (Å²) in [6, 6.07) is 7.90. The van der Waals surface area contributed by atoms with Crippen LogP contribution >= 0.6 is 0 Å². The Labute approximate surface area is 138 Å². The molecule has 0 bridgehead atoms. The predicted octanol–water partition coefficient (Wildman–Crippen LogP) is 4.15. The van der Waals surface area contributed by atoms with Crippen molar-refractivity contribution in [3.63, 3.8) is 0 Å². The largest absolute Gasteiger partial charge is 0.411 e. The van der Waals surface area contributed by atoms with Crippen molar-refractivity contribution in [1.29, 1.82) is 0 Å². The molecule has 1 rings (SSSR count). The fraction of sp³-hybridized carbons (Fsp3) is 0.588. The topological polar surface area (TPSA) is 52.8 Å². The SMILES string of the molecule is CCCCCCCCCc1cccc(C(CO)=NO)c1.[Ni]. The maximum Gasteiger partial charge on any atom is 0.112 e. The molecule has 0 unspecified atom stereocenters. The summed E-state index contributed by atoms with van der Waals surface area (Å²) in [6.07, 6.45) is 10.2. The Morgan fingerprint density at radius 3 is 2.33 bits per heavy atom. The summed E-state index contributed by atoms with van der Waals surface area (Å²) < 4.78 is 0. The van der Waals surface area contributed by atoms with Crippen molar-refractivity contribution < 1.29 is 26.8 Å². The van der Waals surface area contributed by atoms with Crippen molar-refractivity contribution in [2.24, 2.45) is 5.16 Å². The van der Waals surface area contributed by atoms with Crippen LogP contribution in [-0.4, -0.2) is 22.6 Å². The van der Waals surface area contributed by atoms with Gasteiger partial charge in [-0.1, -0.05) is 68.8 Å². The van der Waals surface area contributed by atoms with E-state index in [2.05, 4.69) is 18.1 Å². The molecule has 0 fully saturated rings. The number of aryl methyl sites for hydroxylation is 1. The van der Waals surface area contributed by atoms with Gasteiger partial charge in [0.1, 0.15) is 5.71 Å². The molecular weight excluding hydrogens is 309 g/mol. The zero-order valence-corrected chi connectivity index (χ0v) is 13.8. The molecule has 122 valence electrons. The van der Waals surface area contributed by atoms with Gasteiger partial charge in [0.25, 0.3) is 0 Å². The quantitative estimate of drug-likeness (QED) is 0.222. The summed E-state index contributed by atoms with van der Waals surface area (Å²) in [6.45, 7) is 2.00. The van der Waals surface area contributed by atoms with Gasteiger partial charge in [-0.2, -0.15) is 0 Å². The average molecular weight is 336 g/mol. The summed E-state index contributed by atoms with van der Waals surface area (Å²) in [5.41, 5.74) is 2.37. The van der Waals surface area contributed by atoms with Gasteiger partial charge in [-0.05, 0) is 24.5 Å². The minimum absolute atomic E-state index is 0. The number of rotatable bonds is 10. The van der Waals surface area contributed by atoms with Crippen LogP contribution in [0, 0.1) is 0 Å². The number of unbranched alkanes of at least 4 members (excludes halogenated alkanes) is 6. The molecule has 4 heteroatoms. The number of aliphatic hydroxyl groups excluding tert-OH is 1. The fourth-order valence-corrected chi connectivity index (χ4v) is 2.37. The van der Waals surface area contributed by atoms with Gasteiger partial charge >= 0.3 is 0 Å². The normalized spacial score (nSPS) is 11.2. The van der Waals surface area contributed by atoms with E-state index < -0.39 is 0 Å². The zero-order chi connectivity index (χ0) is 14.6. The summed E-state index contributed by atoms with van der Waals surface area (Å²) >= 11 is 0. The third-order valence-electron chi connectivity index (χ3n) is 3.60. The van der Waals surface area contributed by atoms with E-state index in [0.29, 0.717) is 5.71 Å². The van der Waals surface area contributed by atoms with Gasteiger partial charge in [0.15, 0.2) is 0 Å². The van der Waals surface area contributed by atoms with E-state index in [1.807, 2.05) is 18.2 Å². The molecule has 0 heterocycles. The number of nitrogens with zero attached hydrogens (tertiary/aromatic N) is 1. The van der Waals surface area contributed by atoms with Gasteiger partial charge in [-0.15, -0.1) is 0 Å². The van der Waals surface area contributed by atoms with Crippen LogP contribution in [0.2, 0.25) is 0 Å². The van der Waals surface area contributed by atoms with Gasteiger partial charge in [-0.3, -0.25) is 0 Å². The van der Waals surface area contributed by atoms with E-state index in [1.165, 1.54) is 50.5 Å². The zero-order valence-electron chi connectivity index (χ0n) is 12.8. The van der Waals surface area contributed by atoms with Gasteiger partial charge in [-0.25, -0.2) is 0 Å². The standard InChI is InChI=1S/C17H27NO2.Ni/c1-2-3-4-5-6-7-8-10-15-11-9-12-16(13-15)17(14-19)18-20;/h9,11-13,19-20H,2-8,10,14H2,1H3;. The van der Waals surface area contributed by atoms with E-state index in [9.17, 15) is 0 Å². The van der Waals surface area contributed by atoms with Crippen molar-refractivity contribution in [3.8, 4) is 0 Å². The number of oxime groups is 1. The van der Waals surface area contributed by atoms with Crippen LogP contribution in [0.25, 0.3) is 0 Å². The van der Waals surface area contributed by atoms with E-state index >= 15 is 0 Å².